The van der Waals surface area contributed by atoms with Crippen molar-refractivity contribution >= 4 is 43.6 Å². The molecule has 0 unspecified atom stereocenters. The van der Waals surface area contributed by atoms with Gasteiger partial charge in [-0.15, -0.1) is 20.4 Å². The molecule has 1 aliphatic heterocycles. The average Bonchev–Trinajstić information content (AvgIpc) is 3.11. The number of rotatable bonds is 5. The van der Waals surface area contributed by atoms with E-state index in [1.807, 2.05) is 11.8 Å². The van der Waals surface area contributed by atoms with Crippen LogP contribution in [0, 0.1) is 0 Å². The molecule has 1 N–H and O–H groups in total. The molecule has 0 amide bonds. The first-order valence-corrected chi connectivity index (χ1v) is 10.3. The van der Waals surface area contributed by atoms with Crippen LogP contribution in [0.2, 0.25) is 0 Å². The van der Waals surface area contributed by atoms with E-state index in [1.54, 1.807) is 10.8 Å². The predicted molar refractivity (Wildman–Crippen MR) is 95.3 cm³/mol. The summed E-state index contributed by atoms with van der Waals surface area (Å²) in [6, 6.07) is 2.92. The van der Waals surface area contributed by atoms with Crippen molar-refractivity contribution in [3.63, 3.8) is 0 Å². The van der Waals surface area contributed by atoms with Crippen LogP contribution in [0.15, 0.2) is 27.9 Å². The van der Waals surface area contributed by atoms with Crippen molar-refractivity contribution in [3.8, 4) is 0 Å². The number of aryl methyl sites for hydroxylation is 1. The summed E-state index contributed by atoms with van der Waals surface area (Å²) in [6.07, 6.45) is 1.58. The maximum atomic E-state index is 12.8. The monoisotopic (exact) mass is 478 g/mol. The van der Waals surface area contributed by atoms with Gasteiger partial charge in [0.2, 0.25) is 0 Å². The van der Waals surface area contributed by atoms with Gasteiger partial charge in [-0.2, -0.15) is 21.6 Å². The van der Waals surface area contributed by atoms with Crippen molar-refractivity contribution in [2.24, 2.45) is 10.2 Å². The van der Waals surface area contributed by atoms with E-state index in [0.29, 0.717) is 18.7 Å². The Hall–Kier alpha value is -1.79. The van der Waals surface area contributed by atoms with Crippen molar-refractivity contribution in [2.75, 3.05) is 22.7 Å². The van der Waals surface area contributed by atoms with E-state index in [2.05, 4.69) is 20.4 Å². The number of azo groups is 1. The van der Waals surface area contributed by atoms with Crippen LogP contribution in [-0.2, 0) is 32.9 Å². The first kappa shape index (κ1) is 22.5. The van der Waals surface area contributed by atoms with Crippen LogP contribution < -0.4 is 9.62 Å². The van der Waals surface area contributed by atoms with Crippen LogP contribution in [0.3, 0.4) is 0 Å². The van der Waals surface area contributed by atoms with Crippen molar-refractivity contribution in [1.29, 1.82) is 0 Å². The van der Waals surface area contributed by atoms with E-state index in [1.165, 1.54) is 11.6 Å². The van der Waals surface area contributed by atoms with Crippen molar-refractivity contribution < 1.29 is 38.1 Å². The van der Waals surface area contributed by atoms with Gasteiger partial charge >= 0.3 is 15.5 Å². The summed E-state index contributed by atoms with van der Waals surface area (Å²) < 4.78 is 63.2. The molecule has 1 aromatic carbocycles. The number of hydrogen-bond donors (Lipinski definition) is 1. The Bertz CT molecular complexity index is 951. The van der Waals surface area contributed by atoms with Crippen molar-refractivity contribution in [3.05, 3.63) is 23.2 Å². The van der Waals surface area contributed by atoms with Gasteiger partial charge in [0.05, 0.1) is 5.69 Å². The maximum absolute atomic E-state index is 12.8. The van der Waals surface area contributed by atoms with Crippen LogP contribution in [0.25, 0.3) is 0 Å². The maximum Gasteiger partial charge on any atom is 0.516 e. The summed E-state index contributed by atoms with van der Waals surface area (Å²) >= 11 is 1.09. The van der Waals surface area contributed by atoms with Crippen LogP contribution >= 0.6 is 11.3 Å². The fourth-order valence-electron chi connectivity index (χ4n) is 2.70. The number of sulfonamides is 1. The number of fused-ring (bicyclic) bond motifs is 1. The van der Waals surface area contributed by atoms with E-state index in [4.69, 9.17) is 0 Å². The minimum absolute atomic E-state index is 0. The molecule has 14 heteroatoms. The first-order chi connectivity index (χ1) is 12.7. The molecule has 2 heterocycles. The molecule has 1 aromatic heterocycles. The molecule has 1 aliphatic rings. The third-order valence-electron chi connectivity index (χ3n) is 3.93. The van der Waals surface area contributed by atoms with E-state index in [9.17, 15) is 21.6 Å². The van der Waals surface area contributed by atoms with Gasteiger partial charge in [-0.1, -0.05) is 11.3 Å². The first-order valence-electron chi connectivity index (χ1n) is 7.90. The molecule has 28 heavy (non-hydrogen) atoms. The van der Waals surface area contributed by atoms with Gasteiger partial charge in [0.25, 0.3) is 5.13 Å². The zero-order valence-corrected chi connectivity index (χ0v) is 17.0. The van der Waals surface area contributed by atoms with E-state index < -0.39 is 15.5 Å². The van der Waals surface area contributed by atoms with E-state index in [-0.39, 0.29) is 33.0 Å². The smallest absolute Gasteiger partial charge is 0.372 e. The van der Waals surface area contributed by atoms with Gasteiger partial charge < -0.3 is 4.90 Å². The number of hydrogen-bond acceptors (Lipinski definition) is 8. The number of nitrogens with zero attached hydrogens (tertiary/aromatic N) is 5. The summed E-state index contributed by atoms with van der Waals surface area (Å²) in [5.74, 6) is 0. The molecule has 0 bridgehead atoms. The van der Waals surface area contributed by atoms with Gasteiger partial charge in [-0.3, -0.25) is 4.72 Å². The molecule has 8 nitrogen and oxygen atoms in total. The van der Waals surface area contributed by atoms with Crippen LogP contribution in [0.5, 0.6) is 0 Å². The standard InChI is InChI=1S/C14H15F3N6O2S2.Ni/c1-2-23-5-3-4-9-6-10(19-21-13-20-18-8-26-13)11(7-12(9)23)22-27(24,25)14(15,16)17;/h6-8,22H,2-5H2,1H3;. The summed E-state index contributed by atoms with van der Waals surface area (Å²) in [5.41, 5.74) is -2.79. The Morgan fingerprint density at radius 2 is 2.07 bits per heavy atom. The van der Waals surface area contributed by atoms with E-state index >= 15 is 0 Å². The summed E-state index contributed by atoms with van der Waals surface area (Å²) in [4.78, 5) is 1.97. The largest absolute Gasteiger partial charge is 0.516 e. The third-order valence-corrected chi connectivity index (χ3v) is 5.61. The Morgan fingerprint density at radius 1 is 1.32 bits per heavy atom. The second-order valence-corrected chi connectivity index (χ2v) is 8.14. The van der Waals surface area contributed by atoms with Crippen LogP contribution in [0.4, 0.5) is 35.4 Å². The SMILES string of the molecule is CCN1CCCc2cc(N=Nc3nncs3)c(NS(=O)(=O)C(F)(F)F)cc21.[Ni]. The third kappa shape index (κ3) is 4.79. The average molecular weight is 479 g/mol. The zero-order chi connectivity index (χ0) is 19.7. The Kier molecular flexibility index (Phi) is 6.99. The second kappa shape index (κ2) is 8.70. The van der Waals surface area contributed by atoms with Gasteiger partial charge in [-0.05, 0) is 37.5 Å². The van der Waals surface area contributed by atoms with Gasteiger partial charge in [-0.25, -0.2) is 0 Å². The summed E-state index contributed by atoms with van der Waals surface area (Å²) in [7, 11) is -5.59. The Morgan fingerprint density at radius 3 is 2.68 bits per heavy atom. The topological polar surface area (TPSA) is 99.9 Å². The molecular formula is C14H15F3N6NiO2S2. The van der Waals surface area contributed by atoms with Gasteiger partial charge in [0.1, 0.15) is 11.2 Å². The fourth-order valence-corrected chi connectivity index (χ4v) is 3.64. The number of alkyl halides is 3. The van der Waals surface area contributed by atoms with Gasteiger partial charge in [0, 0.05) is 35.3 Å². The van der Waals surface area contributed by atoms with Crippen LogP contribution in [-0.4, -0.2) is 37.2 Å². The molecule has 0 aliphatic carbocycles. The molecule has 0 radical (unpaired) electrons. The number of aromatic nitrogens is 2. The van der Waals surface area contributed by atoms with Crippen LogP contribution in [0.1, 0.15) is 18.9 Å². The summed E-state index contributed by atoms with van der Waals surface area (Å²) in [6.45, 7) is 3.29. The number of anilines is 2. The summed E-state index contributed by atoms with van der Waals surface area (Å²) in [5, 5.41) is 15.2. The van der Waals surface area contributed by atoms with Gasteiger partial charge in [0.15, 0.2) is 0 Å². The van der Waals surface area contributed by atoms with Crippen molar-refractivity contribution in [2.45, 2.75) is 25.3 Å². The molecule has 0 spiro atoms. The number of nitrogens with one attached hydrogen (secondary N) is 1. The Labute approximate surface area is 173 Å². The van der Waals surface area contributed by atoms with E-state index in [0.717, 1.165) is 29.9 Å². The number of benzene rings is 1. The Balaban J connectivity index is 0.00000280. The molecule has 0 atom stereocenters. The predicted octanol–water partition coefficient (Wildman–Crippen LogP) is 3.99. The molecular weight excluding hydrogens is 464 g/mol. The van der Waals surface area contributed by atoms with Crippen molar-refractivity contribution in [1.82, 2.24) is 10.2 Å². The molecule has 2 aromatic rings. The zero-order valence-electron chi connectivity index (χ0n) is 14.4. The molecule has 3 rings (SSSR count). The fraction of sp³-hybridized carbons (Fsp3) is 0.429. The molecule has 0 fully saturated rings. The second-order valence-electron chi connectivity index (χ2n) is 5.65. The molecule has 0 saturated heterocycles. The molecule has 156 valence electrons. The quantitative estimate of drug-likeness (QED) is 0.517. The normalized spacial score (nSPS) is 14.6. The number of halogens is 3. The minimum Gasteiger partial charge on any atom is -0.372 e. The minimum atomic E-state index is -5.59. The molecule has 0 saturated carbocycles.